The van der Waals surface area contributed by atoms with E-state index in [1.165, 1.54) is 5.56 Å². The number of carbonyl (C=O) groups excluding carboxylic acids is 2. The third kappa shape index (κ3) is 4.97. The molecular weight excluding hydrogens is 336 g/mol. The third-order valence-electron chi connectivity index (χ3n) is 5.35. The van der Waals surface area contributed by atoms with E-state index in [-0.39, 0.29) is 17.7 Å². The van der Waals surface area contributed by atoms with E-state index < -0.39 is 0 Å². The first-order chi connectivity index (χ1) is 13.1. The van der Waals surface area contributed by atoms with Crippen LogP contribution in [-0.4, -0.2) is 29.8 Å². The number of nitrogens with one attached hydrogen (secondary N) is 1. The van der Waals surface area contributed by atoms with Crippen molar-refractivity contribution < 1.29 is 9.59 Å². The quantitative estimate of drug-likeness (QED) is 0.872. The van der Waals surface area contributed by atoms with E-state index in [1.807, 2.05) is 60.4 Å². The zero-order chi connectivity index (χ0) is 19.2. The van der Waals surface area contributed by atoms with Crippen molar-refractivity contribution in [1.82, 2.24) is 4.90 Å². The number of anilines is 1. The van der Waals surface area contributed by atoms with Gasteiger partial charge in [-0.25, -0.2) is 0 Å². The van der Waals surface area contributed by atoms with Crippen LogP contribution >= 0.6 is 0 Å². The van der Waals surface area contributed by atoms with Crippen LogP contribution in [0.15, 0.2) is 48.5 Å². The number of amides is 2. The Morgan fingerprint density at radius 1 is 1.04 bits per heavy atom. The third-order valence-corrected chi connectivity index (χ3v) is 5.35. The molecule has 0 spiro atoms. The van der Waals surface area contributed by atoms with Crippen molar-refractivity contribution in [2.75, 3.05) is 18.4 Å². The molecule has 2 amide bonds. The van der Waals surface area contributed by atoms with Crippen molar-refractivity contribution in [2.24, 2.45) is 5.92 Å². The van der Waals surface area contributed by atoms with Gasteiger partial charge in [0, 0.05) is 24.7 Å². The van der Waals surface area contributed by atoms with E-state index in [0.717, 1.165) is 36.1 Å². The SMILES string of the molecule is CCc1ccccc1NC(=O)C1CCN(C(=O)Cc2ccc(C)cc2)CC1. The summed E-state index contributed by atoms with van der Waals surface area (Å²) in [5.74, 6) is 0.189. The largest absolute Gasteiger partial charge is 0.342 e. The lowest BCUT2D eigenvalue weighted by atomic mass is 9.95. The molecule has 1 fully saturated rings. The molecule has 0 saturated carbocycles. The van der Waals surface area contributed by atoms with Crippen LogP contribution in [-0.2, 0) is 22.4 Å². The van der Waals surface area contributed by atoms with Crippen molar-refractivity contribution in [3.63, 3.8) is 0 Å². The number of nitrogens with zero attached hydrogens (tertiary/aromatic N) is 1. The topological polar surface area (TPSA) is 49.4 Å². The van der Waals surface area contributed by atoms with Gasteiger partial charge in [-0.3, -0.25) is 9.59 Å². The molecular formula is C23H28N2O2. The normalized spacial score (nSPS) is 14.8. The number of likely N-dealkylation sites (tertiary alicyclic amines) is 1. The lowest BCUT2D eigenvalue weighted by Gasteiger charge is -2.31. The molecule has 0 unspecified atom stereocenters. The molecule has 4 heteroatoms. The van der Waals surface area contributed by atoms with Crippen molar-refractivity contribution in [1.29, 1.82) is 0 Å². The number of para-hydroxylation sites is 1. The van der Waals surface area contributed by atoms with Crippen LogP contribution in [0.3, 0.4) is 0 Å². The number of piperidine rings is 1. The molecule has 1 aliphatic heterocycles. The van der Waals surface area contributed by atoms with Gasteiger partial charge in [-0.05, 0) is 43.4 Å². The first kappa shape index (κ1) is 19.2. The van der Waals surface area contributed by atoms with Crippen molar-refractivity contribution in [3.8, 4) is 0 Å². The number of hydrogen-bond donors (Lipinski definition) is 1. The van der Waals surface area contributed by atoms with Gasteiger partial charge in [0.25, 0.3) is 0 Å². The van der Waals surface area contributed by atoms with E-state index in [2.05, 4.69) is 12.2 Å². The summed E-state index contributed by atoms with van der Waals surface area (Å²) >= 11 is 0. The lowest BCUT2D eigenvalue weighted by molar-refractivity contribution is -0.133. The Balaban J connectivity index is 1.51. The highest BCUT2D eigenvalue weighted by atomic mass is 16.2. The summed E-state index contributed by atoms with van der Waals surface area (Å²) in [6.07, 6.45) is 2.77. The van der Waals surface area contributed by atoms with E-state index in [1.54, 1.807) is 0 Å². The van der Waals surface area contributed by atoms with Crippen LogP contribution < -0.4 is 5.32 Å². The highest BCUT2D eigenvalue weighted by molar-refractivity contribution is 5.93. The molecule has 2 aromatic rings. The molecule has 1 heterocycles. The Bertz CT molecular complexity index is 790. The monoisotopic (exact) mass is 364 g/mol. The van der Waals surface area contributed by atoms with Crippen LogP contribution in [0.5, 0.6) is 0 Å². The van der Waals surface area contributed by atoms with Gasteiger partial charge in [-0.15, -0.1) is 0 Å². The Morgan fingerprint density at radius 2 is 1.70 bits per heavy atom. The molecule has 1 aliphatic rings. The molecule has 27 heavy (non-hydrogen) atoms. The molecule has 1 saturated heterocycles. The van der Waals surface area contributed by atoms with E-state index in [0.29, 0.717) is 19.5 Å². The van der Waals surface area contributed by atoms with Gasteiger partial charge in [-0.2, -0.15) is 0 Å². The van der Waals surface area contributed by atoms with Crippen molar-refractivity contribution in [2.45, 2.75) is 39.5 Å². The fourth-order valence-electron chi connectivity index (χ4n) is 3.57. The minimum atomic E-state index is -0.0293. The van der Waals surface area contributed by atoms with Gasteiger partial charge < -0.3 is 10.2 Å². The zero-order valence-corrected chi connectivity index (χ0v) is 16.2. The second-order valence-electron chi connectivity index (χ2n) is 7.32. The molecule has 0 radical (unpaired) electrons. The van der Waals surface area contributed by atoms with Gasteiger partial charge in [-0.1, -0.05) is 55.0 Å². The van der Waals surface area contributed by atoms with Crippen molar-refractivity contribution >= 4 is 17.5 Å². The number of carbonyl (C=O) groups is 2. The van der Waals surface area contributed by atoms with Gasteiger partial charge in [0.2, 0.25) is 11.8 Å². The maximum atomic E-state index is 12.6. The minimum absolute atomic E-state index is 0.0293. The summed E-state index contributed by atoms with van der Waals surface area (Å²) in [5.41, 5.74) is 4.30. The van der Waals surface area contributed by atoms with E-state index in [9.17, 15) is 9.59 Å². The average Bonchev–Trinajstić information content (AvgIpc) is 2.70. The molecule has 0 aliphatic carbocycles. The van der Waals surface area contributed by atoms with Gasteiger partial charge in [0.05, 0.1) is 6.42 Å². The number of benzene rings is 2. The minimum Gasteiger partial charge on any atom is -0.342 e. The van der Waals surface area contributed by atoms with Crippen LogP contribution in [0.4, 0.5) is 5.69 Å². The molecule has 1 N–H and O–H groups in total. The van der Waals surface area contributed by atoms with Crippen molar-refractivity contribution in [3.05, 3.63) is 65.2 Å². The van der Waals surface area contributed by atoms with Gasteiger partial charge >= 0.3 is 0 Å². The second-order valence-corrected chi connectivity index (χ2v) is 7.32. The highest BCUT2D eigenvalue weighted by Crippen LogP contribution is 2.22. The standard InChI is InChI=1S/C23H28N2O2/c1-3-19-6-4-5-7-21(19)24-23(27)20-12-14-25(15-13-20)22(26)16-18-10-8-17(2)9-11-18/h4-11,20H,3,12-16H2,1-2H3,(H,24,27). The summed E-state index contributed by atoms with van der Waals surface area (Å²) in [6.45, 7) is 5.43. The van der Waals surface area contributed by atoms with Crippen LogP contribution in [0, 0.1) is 12.8 Å². The van der Waals surface area contributed by atoms with E-state index in [4.69, 9.17) is 0 Å². The number of hydrogen-bond acceptors (Lipinski definition) is 2. The lowest BCUT2D eigenvalue weighted by Crippen LogP contribution is -2.42. The zero-order valence-electron chi connectivity index (χ0n) is 16.2. The fourth-order valence-corrected chi connectivity index (χ4v) is 3.57. The summed E-state index contributed by atoms with van der Waals surface area (Å²) in [5, 5.41) is 3.08. The van der Waals surface area contributed by atoms with Crippen LogP contribution in [0.25, 0.3) is 0 Å². The fraction of sp³-hybridized carbons (Fsp3) is 0.391. The molecule has 3 rings (SSSR count). The maximum absolute atomic E-state index is 12.6. The molecule has 142 valence electrons. The summed E-state index contributed by atoms with van der Waals surface area (Å²) in [4.78, 5) is 27.0. The highest BCUT2D eigenvalue weighted by Gasteiger charge is 2.27. The average molecular weight is 364 g/mol. The Kier molecular flexibility index (Phi) is 6.28. The first-order valence-electron chi connectivity index (χ1n) is 9.79. The molecule has 4 nitrogen and oxygen atoms in total. The van der Waals surface area contributed by atoms with Crippen LogP contribution in [0.2, 0.25) is 0 Å². The number of rotatable bonds is 5. The second kappa shape index (κ2) is 8.85. The summed E-state index contributed by atoms with van der Waals surface area (Å²) in [6, 6.07) is 16.0. The Hall–Kier alpha value is -2.62. The smallest absolute Gasteiger partial charge is 0.227 e. The molecule has 2 aromatic carbocycles. The Labute approximate surface area is 161 Å². The molecule has 0 aromatic heterocycles. The van der Waals surface area contributed by atoms with Gasteiger partial charge in [0.15, 0.2) is 0 Å². The summed E-state index contributed by atoms with van der Waals surface area (Å²) < 4.78 is 0. The predicted octanol–water partition coefficient (Wildman–Crippen LogP) is 3.98. The molecule has 0 atom stereocenters. The van der Waals surface area contributed by atoms with Gasteiger partial charge in [0.1, 0.15) is 0 Å². The number of aryl methyl sites for hydroxylation is 2. The first-order valence-corrected chi connectivity index (χ1v) is 9.79. The Morgan fingerprint density at radius 3 is 2.37 bits per heavy atom. The predicted molar refractivity (Wildman–Crippen MR) is 109 cm³/mol. The summed E-state index contributed by atoms with van der Waals surface area (Å²) in [7, 11) is 0. The molecule has 0 bridgehead atoms. The van der Waals surface area contributed by atoms with E-state index >= 15 is 0 Å². The van der Waals surface area contributed by atoms with Crippen LogP contribution in [0.1, 0.15) is 36.5 Å². The maximum Gasteiger partial charge on any atom is 0.227 e.